The zero-order valence-corrected chi connectivity index (χ0v) is 23.1. The molecule has 4 aliphatic carbocycles. The Balaban J connectivity index is 1.26. The van der Waals surface area contributed by atoms with Gasteiger partial charge in [-0.25, -0.2) is 0 Å². The van der Waals surface area contributed by atoms with Crippen LogP contribution in [0.5, 0.6) is 0 Å². The summed E-state index contributed by atoms with van der Waals surface area (Å²) in [6.45, 7) is 0.114. The van der Waals surface area contributed by atoms with E-state index in [1.165, 1.54) is 37.1 Å². The summed E-state index contributed by atoms with van der Waals surface area (Å²) in [5, 5.41) is 12.2. The number of benzene rings is 2. The van der Waals surface area contributed by atoms with Crippen molar-refractivity contribution < 1.29 is 18.0 Å². The summed E-state index contributed by atoms with van der Waals surface area (Å²) < 4.78 is 43.2. The van der Waals surface area contributed by atoms with E-state index in [9.17, 15) is 18.0 Å². The molecule has 0 unspecified atom stereocenters. The first-order valence-electron chi connectivity index (χ1n) is 13.0. The van der Waals surface area contributed by atoms with Crippen LogP contribution in [0.15, 0.2) is 58.2 Å². The quantitative estimate of drug-likeness (QED) is 0.290. The molecule has 4 saturated carbocycles. The van der Waals surface area contributed by atoms with Gasteiger partial charge in [-0.2, -0.15) is 13.2 Å². The van der Waals surface area contributed by atoms with Crippen molar-refractivity contribution in [2.45, 2.75) is 62.2 Å². The van der Waals surface area contributed by atoms with Crippen molar-refractivity contribution >= 4 is 33.6 Å². The van der Waals surface area contributed by atoms with Crippen molar-refractivity contribution in [3.63, 3.8) is 0 Å². The van der Waals surface area contributed by atoms with Gasteiger partial charge >= 0.3 is 6.18 Å². The minimum absolute atomic E-state index is 0.0549. The van der Waals surface area contributed by atoms with Crippen molar-refractivity contribution in [2.24, 2.45) is 23.2 Å². The number of rotatable bonds is 7. The van der Waals surface area contributed by atoms with Gasteiger partial charge < -0.3 is 5.32 Å². The molecule has 1 aromatic heterocycles. The fourth-order valence-corrected chi connectivity index (χ4v) is 8.24. The van der Waals surface area contributed by atoms with Crippen LogP contribution in [0.25, 0.3) is 5.69 Å². The molecule has 3 aromatic rings. The summed E-state index contributed by atoms with van der Waals surface area (Å²) in [4.78, 5) is 13.5. The molecule has 1 N–H and O–H groups in total. The molecule has 10 heteroatoms. The van der Waals surface area contributed by atoms with Crippen LogP contribution < -0.4 is 5.32 Å². The van der Waals surface area contributed by atoms with E-state index in [0.29, 0.717) is 40.2 Å². The van der Waals surface area contributed by atoms with Gasteiger partial charge in [0.15, 0.2) is 11.0 Å². The average molecular weight is 606 g/mol. The van der Waals surface area contributed by atoms with Crippen LogP contribution >= 0.6 is 27.7 Å². The average Bonchev–Trinajstić information content (AvgIpc) is 3.28. The minimum atomic E-state index is -4.47. The largest absolute Gasteiger partial charge is 0.416 e. The van der Waals surface area contributed by atoms with Crippen LogP contribution in [0.3, 0.4) is 0 Å². The van der Waals surface area contributed by atoms with Gasteiger partial charge in [-0.3, -0.25) is 9.36 Å². The number of thioether (sulfide) groups is 1. The molecule has 4 bridgehead atoms. The molecule has 0 aliphatic heterocycles. The first kappa shape index (κ1) is 25.9. The van der Waals surface area contributed by atoms with Crippen molar-refractivity contribution in [1.29, 1.82) is 0 Å². The number of halogens is 4. The van der Waals surface area contributed by atoms with Crippen LogP contribution in [0, 0.1) is 23.2 Å². The minimum Gasteiger partial charge on any atom is -0.348 e. The van der Waals surface area contributed by atoms with Crippen molar-refractivity contribution in [2.75, 3.05) is 0 Å². The van der Waals surface area contributed by atoms with E-state index in [1.54, 1.807) is 10.6 Å². The van der Waals surface area contributed by atoms with Gasteiger partial charge in [0.2, 0.25) is 5.91 Å². The SMILES string of the molecule is O=C(NCc1nnc(SCc2ccc(Br)cc2)n1-c1cccc(C(F)(F)F)c1)C12CC3CC(CC(C3)C1)C2. The monoisotopic (exact) mass is 604 g/mol. The van der Waals surface area contributed by atoms with Crippen LogP contribution in [0.1, 0.15) is 55.5 Å². The van der Waals surface area contributed by atoms with Crippen molar-refractivity contribution in [1.82, 2.24) is 20.1 Å². The lowest BCUT2D eigenvalue weighted by Crippen LogP contribution is -2.53. The molecule has 0 atom stereocenters. The normalized spacial score (nSPS) is 26.1. The summed E-state index contributed by atoms with van der Waals surface area (Å²) in [5.74, 6) is 2.97. The molecule has 4 fully saturated rings. The zero-order valence-electron chi connectivity index (χ0n) is 20.7. The topological polar surface area (TPSA) is 59.8 Å². The fraction of sp³-hybridized carbons (Fsp3) is 0.464. The van der Waals surface area contributed by atoms with Gasteiger partial charge in [0.1, 0.15) is 0 Å². The van der Waals surface area contributed by atoms with Crippen LogP contribution in [-0.2, 0) is 23.3 Å². The summed E-state index contributed by atoms with van der Waals surface area (Å²) in [5.41, 5.74) is 0.321. The van der Waals surface area contributed by atoms with E-state index >= 15 is 0 Å². The standard InChI is InChI=1S/C28H28BrF3N4OS/c29-22-6-4-17(5-7-22)16-38-26-35-34-24(36(26)23-3-1-2-21(11-23)28(30,31)32)15-33-25(37)27-12-18-8-19(13-27)10-20(9-18)14-27/h1-7,11,18-20H,8-10,12-16H2,(H,33,37). The lowest BCUT2D eigenvalue weighted by Gasteiger charge is -2.55. The van der Waals surface area contributed by atoms with Gasteiger partial charge in [-0.1, -0.05) is 45.9 Å². The maximum absolute atomic E-state index is 13.5. The molecule has 1 amide bonds. The lowest BCUT2D eigenvalue weighted by atomic mass is 9.49. The molecule has 0 radical (unpaired) electrons. The second-order valence-electron chi connectivity index (χ2n) is 11.1. The zero-order chi connectivity index (χ0) is 26.5. The first-order chi connectivity index (χ1) is 18.2. The van der Waals surface area contributed by atoms with Gasteiger partial charge in [0.25, 0.3) is 0 Å². The summed E-state index contributed by atoms with van der Waals surface area (Å²) in [6.07, 6.45) is 2.10. The highest BCUT2D eigenvalue weighted by molar-refractivity contribution is 9.10. The molecule has 2 aromatic carbocycles. The second-order valence-corrected chi connectivity index (χ2v) is 12.9. The summed E-state index contributed by atoms with van der Waals surface area (Å²) in [7, 11) is 0. The number of hydrogen-bond acceptors (Lipinski definition) is 4. The number of hydrogen-bond donors (Lipinski definition) is 1. The molecular weight excluding hydrogens is 577 g/mol. The fourth-order valence-electron chi connectivity index (χ4n) is 7.05. The molecular formula is C28H28BrF3N4OS. The number of nitrogens with zero attached hydrogens (tertiary/aromatic N) is 3. The van der Waals surface area contributed by atoms with E-state index in [-0.39, 0.29) is 17.9 Å². The number of nitrogens with one attached hydrogen (secondary N) is 1. The predicted molar refractivity (Wildman–Crippen MR) is 143 cm³/mol. The van der Waals surface area contributed by atoms with E-state index in [2.05, 4.69) is 31.4 Å². The van der Waals surface area contributed by atoms with Gasteiger partial charge in [-0.05, 0) is 92.2 Å². The molecule has 7 rings (SSSR count). The van der Waals surface area contributed by atoms with E-state index < -0.39 is 11.7 Å². The summed E-state index contributed by atoms with van der Waals surface area (Å²) >= 11 is 4.83. The molecule has 5 nitrogen and oxygen atoms in total. The van der Waals surface area contributed by atoms with Crippen molar-refractivity contribution in [3.05, 3.63) is 70.0 Å². The van der Waals surface area contributed by atoms with Gasteiger partial charge in [0.05, 0.1) is 17.8 Å². The Morgan fingerprint density at radius 2 is 1.68 bits per heavy atom. The highest BCUT2D eigenvalue weighted by atomic mass is 79.9. The highest BCUT2D eigenvalue weighted by Crippen LogP contribution is 2.60. The van der Waals surface area contributed by atoms with E-state index in [4.69, 9.17) is 0 Å². The Morgan fingerprint density at radius 1 is 1.03 bits per heavy atom. The number of alkyl halides is 3. The number of aromatic nitrogens is 3. The predicted octanol–water partition coefficient (Wildman–Crippen LogP) is 7.17. The van der Waals surface area contributed by atoms with Crippen LogP contribution in [0.2, 0.25) is 0 Å². The molecule has 200 valence electrons. The smallest absolute Gasteiger partial charge is 0.348 e. The molecule has 0 spiro atoms. The Labute approximate surface area is 232 Å². The Kier molecular flexibility index (Phi) is 6.83. The molecule has 38 heavy (non-hydrogen) atoms. The first-order valence-corrected chi connectivity index (χ1v) is 14.7. The van der Waals surface area contributed by atoms with Gasteiger partial charge in [-0.15, -0.1) is 10.2 Å². The van der Waals surface area contributed by atoms with E-state index in [1.807, 2.05) is 24.3 Å². The number of carbonyl (C=O) groups excluding carboxylic acids is 1. The lowest BCUT2D eigenvalue weighted by molar-refractivity contribution is -0.146. The summed E-state index contributed by atoms with van der Waals surface area (Å²) in [6, 6.07) is 13.0. The number of carbonyl (C=O) groups is 1. The third-order valence-electron chi connectivity index (χ3n) is 8.34. The Bertz CT molecular complexity index is 1310. The number of amides is 1. The van der Waals surface area contributed by atoms with Crippen LogP contribution in [-0.4, -0.2) is 20.7 Å². The second kappa shape index (κ2) is 10.0. The molecule has 4 aliphatic rings. The highest BCUT2D eigenvalue weighted by Gasteiger charge is 2.54. The third kappa shape index (κ3) is 5.13. The van der Waals surface area contributed by atoms with Crippen LogP contribution in [0.4, 0.5) is 13.2 Å². The Morgan fingerprint density at radius 3 is 2.32 bits per heavy atom. The maximum Gasteiger partial charge on any atom is 0.416 e. The van der Waals surface area contributed by atoms with E-state index in [0.717, 1.165) is 41.4 Å². The molecule has 1 heterocycles. The molecule has 0 saturated heterocycles. The van der Waals surface area contributed by atoms with Gasteiger partial charge in [0, 0.05) is 15.6 Å². The van der Waals surface area contributed by atoms with Crippen molar-refractivity contribution in [3.8, 4) is 5.69 Å². The third-order valence-corrected chi connectivity index (χ3v) is 9.87. The Hall–Kier alpha value is -2.33. The maximum atomic E-state index is 13.5.